The summed E-state index contributed by atoms with van der Waals surface area (Å²) in [4.78, 5) is 12.0. The zero-order valence-corrected chi connectivity index (χ0v) is 10.3. The van der Waals surface area contributed by atoms with Crippen LogP contribution in [0.1, 0.15) is 24.3 Å². The molecule has 0 bridgehead atoms. The van der Waals surface area contributed by atoms with Gasteiger partial charge in [0.2, 0.25) is 0 Å². The summed E-state index contributed by atoms with van der Waals surface area (Å²) in [5, 5.41) is 0. The van der Waals surface area contributed by atoms with Gasteiger partial charge in [-0.05, 0) is 36.5 Å². The van der Waals surface area contributed by atoms with Gasteiger partial charge in [-0.3, -0.25) is 4.79 Å². The number of hydrogen-bond acceptors (Lipinski definition) is 2. The Bertz CT molecular complexity index is 448. The van der Waals surface area contributed by atoms with Crippen molar-refractivity contribution >= 4 is 11.6 Å². The van der Waals surface area contributed by atoms with E-state index in [9.17, 15) is 18.0 Å². The number of piperidine rings is 1. The van der Waals surface area contributed by atoms with Crippen LogP contribution in [0.4, 0.5) is 18.9 Å². The number of nitrogens with two attached hydrogens (primary N) is 1. The van der Waals surface area contributed by atoms with Crippen molar-refractivity contribution in [3.8, 4) is 0 Å². The summed E-state index contributed by atoms with van der Waals surface area (Å²) in [5.41, 5.74) is 7.31. The monoisotopic (exact) mass is 272 g/mol. The molecule has 19 heavy (non-hydrogen) atoms. The second-order valence-electron chi connectivity index (χ2n) is 4.73. The van der Waals surface area contributed by atoms with Crippen LogP contribution in [-0.2, 0) is 4.79 Å². The van der Waals surface area contributed by atoms with E-state index in [1.807, 2.05) is 12.1 Å². The molecule has 1 heterocycles. The smallest absolute Gasteiger partial charge is 0.399 e. The Balaban J connectivity index is 1.96. The summed E-state index contributed by atoms with van der Waals surface area (Å²) in [6, 6.07) is 7.34. The van der Waals surface area contributed by atoms with Crippen molar-refractivity contribution in [2.75, 3.05) is 18.8 Å². The van der Waals surface area contributed by atoms with Crippen LogP contribution in [-0.4, -0.2) is 30.1 Å². The second kappa shape index (κ2) is 5.11. The Morgan fingerprint density at radius 2 is 1.68 bits per heavy atom. The Kier molecular flexibility index (Phi) is 3.68. The zero-order chi connectivity index (χ0) is 14.0. The van der Waals surface area contributed by atoms with Crippen LogP contribution < -0.4 is 5.73 Å². The summed E-state index contributed by atoms with van der Waals surface area (Å²) in [5.74, 6) is -1.54. The van der Waals surface area contributed by atoms with E-state index < -0.39 is 12.1 Å². The van der Waals surface area contributed by atoms with Gasteiger partial charge in [0.1, 0.15) is 0 Å². The first-order valence-corrected chi connectivity index (χ1v) is 6.09. The van der Waals surface area contributed by atoms with Gasteiger partial charge in [-0.1, -0.05) is 12.1 Å². The number of nitrogens with zero attached hydrogens (tertiary/aromatic N) is 1. The van der Waals surface area contributed by atoms with Crippen LogP contribution in [0.3, 0.4) is 0 Å². The van der Waals surface area contributed by atoms with Gasteiger partial charge in [0.15, 0.2) is 0 Å². The molecule has 1 saturated heterocycles. The van der Waals surface area contributed by atoms with E-state index in [0.717, 1.165) is 10.5 Å². The van der Waals surface area contributed by atoms with Crippen molar-refractivity contribution in [2.24, 2.45) is 0 Å². The maximum atomic E-state index is 12.3. The summed E-state index contributed by atoms with van der Waals surface area (Å²) in [6.07, 6.45) is -3.68. The van der Waals surface area contributed by atoms with E-state index in [1.165, 1.54) is 0 Å². The summed E-state index contributed by atoms with van der Waals surface area (Å²) in [6.45, 7) is 0.292. The minimum absolute atomic E-state index is 0.146. The molecule has 0 aromatic heterocycles. The fraction of sp³-hybridized carbons (Fsp3) is 0.462. The number of rotatable bonds is 1. The van der Waals surface area contributed by atoms with E-state index in [2.05, 4.69) is 0 Å². The number of benzene rings is 1. The third-order valence-electron chi connectivity index (χ3n) is 3.43. The van der Waals surface area contributed by atoms with Crippen LogP contribution >= 0.6 is 0 Å². The molecule has 1 aromatic rings. The molecule has 1 aromatic carbocycles. The first-order chi connectivity index (χ1) is 8.88. The van der Waals surface area contributed by atoms with Gasteiger partial charge in [0.25, 0.3) is 0 Å². The fourth-order valence-corrected chi connectivity index (χ4v) is 2.36. The van der Waals surface area contributed by atoms with Gasteiger partial charge in [-0.25, -0.2) is 0 Å². The van der Waals surface area contributed by atoms with Crippen molar-refractivity contribution in [3.05, 3.63) is 29.8 Å². The van der Waals surface area contributed by atoms with Crippen LogP contribution in [0.15, 0.2) is 24.3 Å². The number of hydrogen-bond donors (Lipinski definition) is 1. The molecule has 104 valence electrons. The van der Waals surface area contributed by atoms with E-state index in [1.54, 1.807) is 12.1 Å². The number of anilines is 1. The molecule has 0 atom stereocenters. The highest BCUT2D eigenvalue weighted by Gasteiger charge is 2.43. The third-order valence-corrected chi connectivity index (χ3v) is 3.43. The minimum Gasteiger partial charge on any atom is -0.399 e. The molecule has 1 fully saturated rings. The molecule has 1 aliphatic rings. The maximum Gasteiger partial charge on any atom is 0.471 e. The van der Waals surface area contributed by atoms with Gasteiger partial charge in [-0.15, -0.1) is 0 Å². The van der Waals surface area contributed by atoms with Gasteiger partial charge >= 0.3 is 12.1 Å². The average Bonchev–Trinajstić information content (AvgIpc) is 2.38. The summed E-state index contributed by atoms with van der Waals surface area (Å²) < 4.78 is 36.9. The highest BCUT2D eigenvalue weighted by molar-refractivity contribution is 5.81. The lowest BCUT2D eigenvalue weighted by molar-refractivity contribution is -0.186. The molecule has 2 N–H and O–H groups in total. The number of carbonyl (C=O) groups excluding carboxylic acids is 1. The average molecular weight is 272 g/mol. The van der Waals surface area contributed by atoms with Crippen molar-refractivity contribution in [3.63, 3.8) is 0 Å². The third kappa shape index (κ3) is 3.19. The normalized spacial score (nSPS) is 17.5. The minimum atomic E-state index is -4.77. The van der Waals surface area contributed by atoms with Crippen molar-refractivity contribution in [2.45, 2.75) is 24.9 Å². The predicted octanol–water partition coefficient (Wildman–Crippen LogP) is 2.54. The first kappa shape index (κ1) is 13.7. The van der Waals surface area contributed by atoms with Gasteiger partial charge in [-0.2, -0.15) is 13.2 Å². The van der Waals surface area contributed by atoms with Gasteiger partial charge in [0, 0.05) is 18.8 Å². The molecule has 3 nitrogen and oxygen atoms in total. The van der Waals surface area contributed by atoms with Crippen LogP contribution in [0.25, 0.3) is 0 Å². The second-order valence-corrected chi connectivity index (χ2v) is 4.73. The highest BCUT2D eigenvalue weighted by atomic mass is 19.4. The zero-order valence-electron chi connectivity index (χ0n) is 10.3. The molecule has 1 aliphatic heterocycles. The molecule has 1 amide bonds. The fourth-order valence-electron chi connectivity index (χ4n) is 2.36. The van der Waals surface area contributed by atoms with Crippen LogP contribution in [0.5, 0.6) is 0 Å². The van der Waals surface area contributed by atoms with E-state index in [4.69, 9.17) is 5.73 Å². The quantitative estimate of drug-likeness (QED) is 0.798. The Hall–Kier alpha value is -1.72. The summed E-state index contributed by atoms with van der Waals surface area (Å²) >= 11 is 0. The SMILES string of the molecule is Nc1ccc(C2CCN(C(=O)C(F)(F)F)CC2)cc1. The lowest BCUT2D eigenvalue weighted by Gasteiger charge is -2.32. The van der Waals surface area contributed by atoms with E-state index in [-0.39, 0.29) is 19.0 Å². The van der Waals surface area contributed by atoms with Crippen LogP contribution in [0, 0.1) is 0 Å². The molecule has 6 heteroatoms. The molecule has 0 saturated carbocycles. The highest BCUT2D eigenvalue weighted by Crippen LogP contribution is 2.30. The molecular weight excluding hydrogens is 257 g/mol. The Labute approximate surface area is 109 Å². The Morgan fingerprint density at radius 1 is 1.16 bits per heavy atom. The number of amides is 1. The number of likely N-dealkylation sites (tertiary alicyclic amines) is 1. The number of halogens is 3. The first-order valence-electron chi connectivity index (χ1n) is 6.09. The number of alkyl halides is 3. The van der Waals surface area contributed by atoms with Crippen LogP contribution in [0.2, 0.25) is 0 Å². The van der Waals surface area contributed by atoms with Gasteiger partial charge < -0.3 is 10.6 Å². The van der Waals surface area contributed by atoms with E-state index >= 15 is 0 Å². The number of nitrogen functional groups attached to an aromatic ring is 1. The largest absolute Gasteiger partial charge is 0.471 e. The molecular formula is C13H15F3N2O. The lowest BCUT2D eigenvalue weighted by atomic mass is 9.89. The standard InChI is InChI=1S/C13H15F3N2O/c14-13(15,16)12(19)18-7-5-10(6-8-18)9-1-3-11(17)4-2-9/h1-4,10H,5-8,17H2. The molecule has 2 rings (SSSR count). The number of carbonyl (C=O) groups is 1. The van der Waals surface area contributed by atoms with Crippen molar-refractivity contribution in [1.82, 2.24) is 4.90 Å². The predicted molar refractivity (Wildman–Crippen MR) is 65.5 cm³/mol. The summed E-state index contributed by atoms with van der Waals surface area (Å²) in [7, 11) is 0. The van der Waals surface area contributed by atoms with Gasteiger partial charge in [0.05, 0.1) is 0 Å². The molecule has 0 spiro atoms. The molecule has 0 radical (unpaired) electrons. The molecule has 0 aliphatic carbocycles. The topological polar surface area (TPSA) is 46.3 Å². The maximum absolute atomic E-state index is 12.3. The van der Waals surface area contributed by atoms with E-state index in [0.29, 0.717) is 18.5 Å². The van der Waals surface area contributed by atoms with Crippen molar-refractivity contribution < 1.29 is 18.0 Å². The van der Waals surface area contributed by atoms with Crippen molar-refractivity contribution in [1.29, 1.82) is 0 Å². The Morgan fingerprint density at radius 3 is 2.16 bits per heavy atom. The molecule has 0 unspecified atom stereocenters. The lowest BCUT2D eigenvalue weighted by Crippen LogP contribution is -2.45.